The van der Waals surface area contributed by atoms with Gasteiger partial charge < -0.3 is 15.1 Å². The van der Waals surface area contributed by atoms with Crippen molar-refractivity contribution >= 4 is 55.7 Å². The van der Waals surface area contributed by atoms with Gasteiger partial charge in [-0.1, -0.05) is 0 Å². The number of hydrogen-bond donors (Lipinski definition) is 2. The van der Waals surface area contributed by atoms with Crippen LogP contribution in [0.3, 0.4) is 0 Å². The second-order valence-electron chi connectivity index (χ2n) is 9.52. The number of carbonyl (C=O) groups excluding carboxylic acids is 1. The van der Waals surface area contributed by atoms with Crippen molar-refractivity contribution in [3.05, 3.63) is 59.8 Å². The largest absolute Gasteiger partial charge is 0.352 e. The van der Waals surface area contributed by atoms with Crippen molar-refractivity contribution in [1.29, 1.82) is 0 Å². The molecule has 10 nitrogen and oxygen atoms in total. The number of nitrogens with one attached hydrogen (secondary N) is 2. The minimum Gasteiger partial charge on any atom is -0.352 e. The molecule has 0 spiro atoms. The van der Waals surface area contributed by atoms with E-state index in [2.05, 4.69) is 46.4 Å². The summed E-state index contributed by atoms with van der Waals surface area (Å²) in [5.41, 5.74) is 3.24. The molecule has 11 heteroatoms. The summed E-state index contributed by atoms with van der Waals surface area (Å²) in [4.78, 5) is 37.6. The molecule has 1 aliphatic carbocycles. The molecule has 1 amide bonds. The average molecular weight is 512 g/mol. The number of amides is 1. The number of carbonyl (C=O) groups is 1. The molecule has 0 saturated carbocycles. The Bertz CT molecular complexity index is 1590. The van der Waals surface area contributed by atoms with Gasteiger partial charge in [-0.15, -0.1) is 11.3 Å². The van der Waals surface area contributed by atoms with E-state index < -0.39 is 0 Å². The summed E-state index contributed by atoms with van der Waals surface area (Å²) in [6, 6.07) is 6.09. The third kappa shape index (κ3) is 4.05. The van der Waals surface area contributed by atoms with Gasteiger partial charge in [0.05, 0.1) is 23.3 Å². The van der Waals surface area contributed by atoms with Gasteiger partial charge in [-0.3, -0.25) is 14.9 Å². The van der Waals surface area contributed by atoms with Crippen molar-refractivity contribution in [2.75, 3.05) is 36.4 Å². The summed E-state index contributed by atoms with van der Waals surface area (Å²) < 4.78 is 0. The van der Waals surface area contributed by atoms with E-state index in [9.17, 15) is 4.79 Å². The lowest BCUT2D eigenvalue weighted by atomic mass is 9.86. The molecule has 0 bridgehead atoms. The number of aromatic nitrogens is 6. The fraction of sp³-hybridized carbons (Fsp3) is 0.308. The Labute approximate surface area is 216 Å². The zero-order valence-electron chi connectivity index (χ0n) is 20.1. The first-order valence-corrected chi connectivity index (χ1v) is 13.3. The first-order chi connectivity index (χ1) is 18.2. The van der Waals surface area contributed by atoms with Crippen molar-refractivity contribution in [1.82, 2.24) is 35.0 Å². The van der Waals surface area contributed by atoms with Crippen LogP contribution in [-0.4, -0.2) is 67.1 Å². The second-order valence-corrected chi connectivity index (χ2v) is 10.6. The fourth-order valence-electron chi connectivity index (χ4n) is 5.44. The minimum atomic E-state index is 0.0106. The highest BCUT2D eigenvalue weighted by molar-refractivity contribution is 7.19. The van der Waals surface area contributed by atoms with Crippen LogP contribution in [0.1, 0.15) is 16.9 Å². The van der Waals surface area contributed by atoms with Crippen LogP contribution < -0.4 is 10.2 Å². The van der Waals surface area contributed by atoms with Gasteiger partial charge >= 0.3 is 0 Å². The number of benzene rings is 1. The van der Waals surface area contributed by atoms with Crippen LogP contribution in [0.4, 0.5) is 17.3 Å². The van der Waals surface area contributed by atoms with Gasteiger partial charge in [-0.25, -0.2) is 15.0 Å². The van der Waals surface area contributed by atoms with Gasteiger partial charge in [0.25, 0.3) is 0 Å². The smallest absolute Gasteiger partial charge is 0.226 e. The molecule has 1 saturated heterocycles. The Morgan fingerprint density at radius 3 is 2.86 bits per heavy atom. The minimum absolute atomic E-state index is 0.0106. The summed E-state index contributed by atoms with van der Waals surface area (Å²) >= 11 is 1.69. The normalized spacial score (nSPS) is 17.8. The lowest BCUT2D eigenvalue weighted by molar-refractivity contribution is -0.136. The molecule has 7 rings (SSSR count). The van der Waals surface area contributed by atoms with E-state index in [1.165, 1.54) is 10.4 Å². The van der Waals surface area contributed by atoms with E-state index in [0.717, 1.165) is 70.8 Å². The van der Waals surface area contributed by atoms with Gasteiger partial charge in [0.15, 0.2) is 0 Å². The summed E-state index contributed by atoms with van der Waals surface area (Å²) in [6.45, 7) is 2.98. The van der Waals surface area contributed by atoms with Crippen LogP contribution in [0.25, 0.3) is 21.1 Å². The number of fused-ring (bicyclic) bond motifs is 4. The Morgan fingerprint density at radius 1 is 1.08 bits per heavy atom. The molecule has 5 aromatic rings. The average Bonchev–Trinajstić information content (AvgIpc) is 3.57. The number of hydrogen-bond acceptors (Lipinski definition) is 9. The van der Waals surface area contributed by atoms with Crippen molar-refractivity contribution in [3.63, 3.8) is 0 Å². The molecule has 0 radical (unpaired) electrons. The van der Waals surface area contributed by atoms with Gasteiger partial charge in [-0.05, 0) is 43.0 Å². The molecule has 37 heavy (non-hydrogen) atoms. The first kappa shape index (κ1) is 22.1. The van der Waals surface area contributed by atoms with Crippen LogP contribution in [0.15, 0.2) is 49.3 Å². The highest BCUT2D eigenvalue weighted by Crippen LogP contribution is 2.41. The first-order valence-electron chi connectivity index (χ1n) is 12.5. The van der Waals surface area contributed by atoms with E-state index in [1.54, 1.807) is 36.3 Å². The van der Waals surface area contributed by atoms with Crippen LogP contribution in [-0.2, 0) is 17.6 Å². The SMILES string of the molecule is O=C(C1CCc2c(sc3ncnc(Nc4ccc5[nH]ncc5c4)c23)C1)N1CCN(c2cnccn2)CC1. The van der Waals surface area contributed by atoms with Crippen LogP contribution in [0.5, 0.6) is 0 Å². The maximum atomic E-state index is 13.5. The van der Waals surface area contributed by atoms with E-state index >= 15 is 0 Å². The number of thiophene rings is 1. The third-order valence-corrected chi connectivity index (χ3v) is 8.52. The molecule has 1 atom stereocenters. The lowest BCUT2D eigenvalue weighted by Crippen LogP contribution is -2.51. The molecule has 5 heterocycles. The van der Waals surface area contributed by atoms with Crippen molar-refractivity contribution in [2.24, 2.45) is 5.92 Å². The fourth-order valence-corrected chi connectivity index (χ4v) is 6.71. The van der Waals surface area contributed by atoms with Crippen molar-refractivity contribution in [3.8, 4) is 0 Å². The van der Waals surface area contributed by atoms with E-state index in [1.807, 2.05) is 23.2 Å². The molecular weight excluding hydrogens is 486 g/mol. The molecule has 2 N–H and O–H groups in total. The Balaban J connectivity index is 1.08. The van der Waals surface area contributed by atoms with E-state index in [-0.39, 0.29) is 11.8 Å². The zero-order chi connectivity index (χ0) is 24.8. The Kier molecular flexibility index (Phi) is 5.42. The molecule has 1 aliphatic heterocycles. The Morgan fingerprint density at radius 2 is 2.00 bits per heavy atom. The van der Waals surface area contributed by atoms with Gasteiger partial charge in [0.2, 0.25) is 5.91 Å². The number of rotatable bonds is 4. The monoisotopic (exact) mass is 511 g/mol. The quantitative estimate of drug-likeness (QED) is 0.376. The van der Waals surface area contributed by atoms with Crippen molar-refractivity contribution < 1.29 is 4.79 Å². The predicted molar refractivity (Wildman–Crippen MR) is 143 cm³/mol. The summed E-state index contributed by atoms with van der Waals surface area (Å²) in [6.07, 6.45) is 11.1. The number of aryl methyl sites for hydroxylation is 1. The predicted octanol–water partition coefficient (Wildman–Crippen LogP) is 3.55. The number of nitrogens with zero attached hydrogens (tertiary/aromatic N) is 7. The number of anilines is 3. The van der Waals surface area contributed by atoms with Gasteiger partial charge in [0.1, 0.15) is 22.8 Å². The number of H-pyrrole nitrogens is 1. The topological polar surface area (TPSA) is 116 Å². The third-order valence-electron chi connectivity index (χ3n) is 7.36. The van der Waals surface area contributed by atoms with Crippen molar-refractivity contribution in [2.45, 2.75) is 19.3 Å². The van der Waals surface area contributed by atoms with E-state index in [4.69, 9.17) is 0 Å². The maximum Gasteiger partial charge on any atom is 0.226 e. The Hall–Kier alpha value is -4.12. The number of piperazine rings is 1. The molecule has 2 aliphatic rings. The van der Waals surface area contributed by atoms with Crippen LogP contribution in [0.2, 0.25) is 0 Å². The molecule has 4 aromatic heterocycles. The summed E-state index contributed by atoms with van der Waals surface area (Å²) in [5.74, 6) is 1.96. The van der Waals surface area contributed by atoms with Crippen LogP contribution in [0, 0.1) is 5.92 Å². The molecule has 1 aromatic carbocycles. The standard InChI is InChI=1S/C26H25N9OS/c36-26(35-9-7-34(8-10-35)22-14-27-5-6-28-22)16-1-3-19-21(12-16)37-25-23(19)24(29-15-30-25)32-18-2-4-20-17(11-18)13-31-33-20/h2,4-6,11,13-16H,1,3,7-10,12H2,(H,31,33)(H,29,30,32). The highest BCUT2D eigenvalue weighted by atomic mass is 32.1. The van der Waals surface area contributed by atoms with Gasteiger partial charge in [0, 0.05) is 60.4 Å². The molecular formula is C26H25N9OS. The molecule has 186 valence electrons. The van der Waals surface area contributed by atoms with Crippen LogP contribution >= 0.6 is 11.3 Å². The van der Waals surface area contributed by atoms with E-state index in [0.29, 0.717) is 13.1 Å². The maximum absolute atomic E-state index is 13.5. The second kappa shape index (κ2) is 9.07. The number of aromatic amines is 1. The zero-order valence-corrected chi connectivity index (χ0v) is 20.9. The summed E-state index contributed by atoms with van der Waals surface area (Å²) in [5, 5.41) is 12.7. The van der Waals surface area contributed by atoms with Gasteiger partial charge in [-0.2, -0.15) is 5.10 Å². The summed E-state index contributed by atoms with van der Waals surface area (Å²) in [7, 11) is 0. The highest BCUT2D eigenvalue weighted by Gasteiger charge is 2.33. The lowest BCUT2D eigenvalue weighted by Gasteiger charge is -2.37. The molecule has 1 fully saturated rings. The molecule has 1 unspecified atom stereocenters.